The minimum absolute atomic E-state index is 0.136. The van der Waals surface area contributed by atoms with Crippen molar-refractivity contribution in [2.75, 3.05) is 7.11 Å². The predicted molar refractivity (Wildman–Crippen MR) is 43.6 cm³/mol. The molecule has 0 saturated carbocycles. The third-order valence-corrected chi connectivity index (χ3v) is 1.75. The average Bonchev–Trinajstić information content (AvgIpc) is 2.47. The molecule has 1 aromatic rings. The maximum Gasteiger partial charge on any atom is 0.435 e. The van der Waals surface area contributed by atoms with Crippen LogP contribution in [-0.4, -0.2) is 16.9 Å². The van der Waals surface area contributed by atoms with E-state index >= 15 is 0 Å². The van der Waals surface area contributed by atoms with E-state index in [1.165, 1.54) is 11.8 Å². The Kier molecular flexibility index (Phi) is 3.15. The molecule has 0 bridgehead atoms. The van der Waals surface area contributed by atoms with E-state index < -0.39 is 11.9 Å². The van der Waals surface area contributed by atoms with Crippen LogP contribution < -0.4 is 0 Å². The van der Waals surface area contributed by atoms with Gasteiger partial charge in [-0.1, -0.05) is 0 Å². The highest BCUT2D eigenvalue weighted by atomic mass is 19.4. The highest BCUT2D eigenvalue weighted by Crippen LogP contribution is 2.28. The third-order valence-electron chi connectivity index (χ3n) is 1.75. The summed E-state index contributed by atoms with van der Waals surface area (Å²) in [4.78, 5) is 0. The van der Waals surface area contributed by atoms with Gasteiger partial charge in [-0.15, -0.1) is 0 Å². The van der Waals surface area contributed by atoms with Gasteiger partial charge in [0.05, 0.1) is 12.3 Å². The Bertz CT molecular complexity index is 306. The Balaban J connectivity index is 3.00. The molecule has 0 amide bonds. The van der Waals surface area contributed by atoms with Crippen LogP contribution in [0.5, 0.6) is 0 Å². The number of nitrogens with zero attached hydrogens (tertiary/aromatic N) is 2. The molecule has 0 aliphatic heterocycles. The van der Waals surface area contributed by atoms with Gasteiger partial charge in [0.25, 0.3) is 0 Å². The van der Waals surface area contributed by atoms with E-state index in [0.717, 1.165) is 6.07 Å². The van der Waals surface area contributed by atoms with Crippen LogP contribution in [0, 0.1) is 0 Å². The Hall–Kier alpha value is -1.04. The van der Waals surface area contributed by atoms with Crippen LogP contribution in [0.2, 0.25) is 0 Å². The topological polar surface area (TPSA) is 27.1 Å². The molecule has 0 fully saturated rings. The molecule has 3 nitrogen and oxygen atoms in total. The second-order valence-corrected chi connectivity index (χ2v) is 2.77. The van der Waals surface area contributed by atoms with E-state index in [2.05, 4.69) is 5.10 Å². The number of hydrogen-bond acceptors (Lipinski definition) is 2. The van der Waals surface area contributed by atoms with Crippen molar-refractivity contribution in [2.45, 2.75) is 26.3 Å². The highest BCUT2D eigenvalue weighted by Gasteiger charge is 2.34. The zero-order valence-corrected chi connectivity index (χ0v) is 7.93. The van der Waals surface area contributed by atoms with Gasteiger partial charge >= 0.3 is 6.18 Å². The van der Waals surface area contributed by atoms with Crippen LogP contribution in [0.25, 0.3) is 0 Å². The largest absolute Gasteiger partial charge is 0.435 e. The molecule has 0 unspecified atom stereocenters. The Labute approximate surface area is 79.5 Å². The number of hydrogen-bond donors (Lipinski definition) is 0. The average molecular weight is 208 g/mol. The second kappa shape index (κ2) is 4.00. The third kappa shape index (κ3) is 2.25. The first kappa shape index (κ1) is 11.0. The maximum absolute atomic E-state index is 12.2. The van der Waals surface area contributed by atoms with Gasteiger partial charge < -0.3 is 4.74 Å². The van der Waals surface area contributed by atoms with Gasteiger partial charge in [-0.25, -0.2) is 0 Å². The fraction of sp³-hybridized carbons (Fsp3) is 0.625. The molecule has 0 N–H and O–H groups in total. The lowest BCUT2D eigenvalue weighted by atomic mass is 10.3. The normalized spacial score (nSPS) is 12.1. The van der Waals surface area contributed by atoms with Crippen LogP contribution in [0.4, 0.5) is 13.2 Å². The molecular weight excluding hydrogens is 197 g/mol. The number of methoxy groups -OCH3 is 1. The van der Waals surface area contributed by atoms with Gasteiger partial charge in [-0.2, -0.15) is 18.3 Å². The van der Waals surface area contributed by atoms with E-state index in [4.69, 9.17) is 4.74 Å². The van der Waals surface area contributed by atoms with Crippen LogP contribution in [0.15, 0.2) is 6.07 Å². The van der Waals surface area contributed by atoms with Gasteiger partial charge in [-0.05, 0) is 13.0 Å². The molecule has 0 saturated heterocycles. The van der Waals surface area contributed by atoms with Gasteiger partial charge in [0.15, 0.2) is 5.69 Å². The van der Waals surface area contributed by atoms with Crippen LogP contribution >= 0.6 is 0 Å². The van der Waals surface area contributed by atoms with Crippen molar-refractivity contribution >= 4 is 0 Å². The van der Waals surface area contributed by atoms with Crippen molar-refractivity contribution in [3.63, 3.8) is 0 Å². The van der Waals surface area contributed by atoms with Gasteiger partial charge in [0.1, 0.15) is 0 Å². The number of rotatable bonds is 3. The minimum Gasteiger partial charge on any atom is -0.378 e. The number of ether oxygens (including phenoxy) is 1. The van der Waals surface area contributed by atoms with Crippen LogP contribution in [-0.2, 0) is 24.1 Å². The molecule has 1 aromatic heterocycles. The summed E-state index contributed by atoms with van der Waals surface area (Å²) in [6.07, 6.45) is -4.39. The van der Waals surface area contributed by atoms with Crippen molar-refractivity contribution in [1.82, 2.24) is 9.78 Å². The van der Waals surface area contributed by atoms with Gasteiger partial charge in [-0.3, -0.25) is 4.68 Å². The lowest BCUT2D eigenvalue weighted by Crippen LogP contribution is -2.08. The lowest BCUT2D eigenvalue weighted by Gasteiger charge is -2.01. The second-order valence-electron chi connectivity index (χ2n) is 2.77. The van der Waals surface area contributed by atoms with Crippen molar-refractivity contribution in [2.24, 2.45) is 0 Å². The standard InChI is InChI=1S/C8H11F3N2O/c1-3-13-6(5-14-2)4-7(12-13)8(9,10)11/h4H,3,5H2,1-2H3. The molecule has 6 heteroatoms. The van der Waals surface area contributed by atoms with Crippen LogP contribution in [0.3, 0.4) is 0 Å². The summed E-state index contributed by atoms with van der Waals surface area (Å²) in [5.41, 5.74) is -0.436. The quantitative estimate of drug-likeness (QED) is 0.760. The highest BCUT2D eigenvalue weighted by molar-refractivity contribution is 5.12. The summed E-state index contributed by atoms with van der Waals surface area (Å²) >= 11 is 0. The fourth-order valence-corrected chi connectivity index (χ4v) is 1.13. The number of halogens is 3. The molecule has 1 rings (SSSR count). The molecule has 0 aliphatic carbocycles. The van der Waals surface area contributed by atoms with Crippen molar-refractivity contribution in [3.8, 4) is 0 Å². The van der Waals surface area contributed by atoms with Crippen LogP contribution in [0.1, 0.15) is 18.3 Å². The Morgan fingerprint density at radius 2 is 2.14 bits per heavy atom. The first-order valence-electron chi connectivity index (χ1n) is 4.12. The molecule has 14 heavy (non-hydrogen) atoms. The maximum atomic E-state index is 12.2. The van der Waals surface area contributed by atoms with E-state index in [9.17, 15) is 13.2 Å². The monoisotopic (exact) mass is 208 g/mol. The van der Waals surface area contributed by atoms with Gasteiger partial charge in [0, 0.05) is 13.7 Å². The van der Waals surface area contributed by atoms with Crippen molar-refractivity contribution in [3.05, 3.63) is 17.5 Å². The molecule has 0 aliphatic rings. The number of alkyl halides is 3. The summed E-state index contributed by atoms with van der Waals surface area (Å²) in [5.74, 6) is 0. The predicted octanol–water partition coefficient (Wildman–Crippen LogP) is 2.07. The van der Waals surface area contributed by atoms with Crippen molar-refractivity contribution in [1.29, 1.82) is 0 Å². The summed E-state index contributed by atoms with van der Waals surface area (Å²) < 4.78 is 42.8. The summed E-state index contributed by atoms with van der Waals surface area (Å²) in [7, 11) is 1.43. The van der Waals surface area contributed by atoms with E-state index in [0.29, 0.717) is 12.2 Å². The van der Waals surface area contributed by atoms with Crippen molar-refractivity contribution < 1.29 is 17.9 Å². The smallest absolute Gasteiger partial charge is 0.378 e. The number of aromatic nitrogens is 2. The number of aryl methyl sites for hydroxylation is 1. The van der Waals surface area contributed by atoms with E-state index in [1.54, 1.807) is 6.92 Å². The Morgan fingerprint density at radius 1 is 1.50 bits per heavy atom. The molecule has 0 radical (unpaired) electrons. The van der Waals surface area contributed by atoms with E-state index in [-0.39, 0.29) is 6.61 Å². The summed E-state index contributed by atoms with van der Waals surface area (Å²) in [6.45, 7) is 2.26. The molecule has 0 spiro atoms. The summed E-state index contributed by atoms with van der Waals surface area (Å²) in [6, 6.07) is 1.01. The fourth-order valence-electron chi connectivity index (χ4n) is 1.13. The molecule has 80 valence electrons. The molecule has 0 atom stereocenters. The van der Waals surface area contributed by atoms with Gasteiger partial charge in [0.2, 0.25) is 0 Å². The first-order valence-corrected chi connectivity index (χ1v) is 4.12. The summed E-state index contributed by atoms with van der Waals surface area (Å²) in [5, 5.41) is 3.43. The molecule has 0 aromatic carbocycles. The Morgan fingerprint density at radius 3 is 2.57 bits per heavy atom. The SMILES string of the molecule is CCn1nc(C(F)(F)F)cc1COC. The molecule has 1 heterocycles. The van der Waals surface area contributed by atoms with E-state index in [1.807, 2.05) is 0 Å². The molecular formula is C8H11F3N2O. The first-order chi connectivity index (χ1) is 6.49. The minimum atomic E-state index is -4.39. The lowest BCUT2D eigenvalue weighted by molar-refractivity contribution is -0.141. The zero-order valence-electron chi connectivity index (χ0n) is 7.93. The zero-order chi connectivity index (χ0) is 10.8.